The van der Waals surface area contributed by atoms with E-state index >= 15 is 0 Å². The van der Waals surface area contributed by atoms with Gasteiger partial charge in [0.1, 0.15) is 11.5 Å². The molecule has 3 aromatic rings. The van der Waals surface area contributed by atoms with Gasteiger partial charge < -0.3 is 10.1 Å². The standard InChI is InChI=1S/C18H15IN4O4/c1-11-5-3-4-6-16(11)27-14-8-12(7-13(9-14)23(25)26)20-18(24)17-15(19)10-22(2)21-17/h3-10H,1-2H3,(H,20,24). The molecular formula is C18H15IN4O4. The number of hydrogen-bond donors (Lipinski definition) is 1. The van der Waals surface area contributed by atoms with Crippen molar-refractivity contribution in [1.82, 2.24) is 9.78 Å². The van der Waals surface area contributed by atoms with Crippen LogP contribution >= 0.6 is 22.6 Å². The zero-order valence-corrected chi connectivity index (χ0v) is 16.6. The third-order valence-corrected chi connectivity index (χ3v) is 4.47. The number of anilines is 1. The average Bonchev–Trinajstić information content (AvgIpc) is 2.95. The third kappa shape index (κ3) is 4.42. The molecule has 8 nitrogen and oxygen atoms in total. The number of aryl methyl sites for hydroxylation is 2. The second kappa shape index (κ2) is 7.74. The van der Waals surface area contributed by atoms with E-state index < -0.39 is 10.8 Å². The third-order valence-electron chi connectivity index (χ3n) is 3.68. The number of non-ortho nitro benzene ring substituents is 1. The number of nitrogens with one attached hydrogen (secondary N) is 1. The number of aromatic nitrogens is 2. The number of carbonyl (C=O) groups excluding carboxylic acids is 1. The Balaban J connectivity index is 1.92. The predicted octanol–water partition coefficient (Wildman–Crippen LogP) is 4.29. The van der Waals surface area contributed by atoms with Gasteiger partial charge in [0.2, 0.25) is 0 Å². The van der Waals surface area contributed by atoms with Crippen molar-refractivity contribution in [2.24, 2.45) is 7.05 Å². The molecule has 0 aliphatic heterocycles. The zero-order chi connectivity index (χ0) is 19.6. The van der Waals surface area contributed by atoms with Crippen molar-refractivity contribution in [1.29, 1.82) is 0 Å². The van der Waals surface area contributed by atoms with E-state index in [-0.39, 0.29) is 22.8 Å². The van der Waals surface area contributed by atoms with Crippen LogP contribution in [0.5, 0.6) is 11.5 Å². The summed E-state index contributed by atoms with van der Waals surface area (Å²) in [7, 11) is 1.71. The van der Waals surface area contributed by atoms with Gasteiger partial charge in [0.25, 0.3) is 11.6 Å². The summed E-state index contributed by atoms with van der Waals surface area (Å²) in [5, 5.41) is 18.0. The Bertz CT molecular complexity index is 1030. The highest BCUT2D eigenvalue weighted by molar-refractivity contribution is 14.1. The Morgan fingerprint density at radius 2 is 2.04 bits per heavy atom. The van der Waals surface area contributed by atoms with Gasteiger partial charge in [-0.15, -0.1) is 0 Å². The normalized spacial score (nSPS) is 10.5. The van der Waals surface area contributed by atoms with Crippen LogP contribution in [0.3, 0.4) is 0 Å². The Labute approximate surface area is 168 Å². The number of amides is 1. The summed E-state index contributed by atoms with van der Waals surface area (Å²) in [5.41, 5.74) is 1.19. The molecule has 0 aliphatic carbocycles. The molecule has 0 saturated carbocycles. The van der Waals surface area contributed by atoms with Crippen molar-refractivity contribution in [2.45, 2.75) is 6.92 Å². The first-order valence-electron chi connectivity index (χ1n) is 7.87. The van der Waals surface area contributed by atoms with Gasteiger partial charge in [-0.2, -0.15) is 5.10 Å². The van der Waals surface area contributed by atoms with Gasteiger partial charge in [-0.1, -0.05) is 18.2 Å². The van der Waals surface area contributed by atoms with E-state index in [1.807, 2.05) is 47.7 Å². The second-order valence-corrected chi connectivity index (χ2v) is 6.96. The predicted molar refractivity (Wildman–Crippen MR) is 108 cm³/mol. The maximum absolute atomic E-state index is 12.5. The molecule has 9 heteroatoms. The van der Waals surface area contributed by atoms with Crippen LogP contribution in [0, 0.1) is 20.6 Å². The van der Waals surface area contributed by atoms with Gasteiger partial charge >= 0.3 is 0 Å². The summed E-state index contributed by atoms with van der Waals surface area (Å²) in [6, 6.07) is 11.4. The molecule has 27 heavy (non-hydrogen) atoms. The van der Waals surface area contributed by atoms with Gasteiger partial charge in [0, 0.05) is 25.4 Å². The molecule has 0 atom stereocenters. The molecule has 2 aromatic carbocycles. The number of nitrogens with zero attached hydrogens (tertiary/aromatic N) is 3. The maximum atomic E-state index is 12.5. The lowest BCUT2D eigenvalue weighted by Crippen LogP contribution is -2.14. The van der Waals surface area contributed by atoms with E-state index in [1.165, 1.54) is 22.9 Å². The molecule has 0 unspecified atom stereocenters. The Kier molecular flexibility index (Phi) is 5.40. The highest BCUT2D eigenvalue weighted by atomic mass is 127. The average molecular weight is 478 g/mol. The lowest BCUT2D eigenvalue weighted by atomic mass is 10.2. The van der Waals surface area contributed by atoms with Gasteiger partial charge in [0.15, 0.2) is 5.69 Å². The molecule has 1 aromatic heterocycles. The fourth-order valence-corrected chi connectivity index (χ4v) is 3.18. The fourth-order valence-electron chi connectivity index (χ4n) is 2.42. The number of nitro groups is 1. The first-order chi connectivity index (χ1) is 12.8. The topological polar surface area (TPSA) is 99.3 Å². The molecule has 0 radical (unpaired) electrons. The van der Waals surface area contributed by atoms with Crippen molar-refractivity contribution < 1.29 is 14.5 Å². The molecule has 0 bridgehead atoms. The molecule has 0 spiro atoms. The number of rotatable bonds is 5. The quantitative estimate of drug-likeness (QED) is 0.335. The Morgan fingerprint density at radius 1 is 1.30 bits per heavy atom. The van der Waals surface area contributed by atoms with Crippen LogP contribution in [-0.2, 0) is 7.05 Å². The fraction of sp³-hybridized carbons (Fsp3) is 0.111. The van der Waals surface area contributed by atoms with E-state index in [2.05, 4.69) is 10.4 Å². The molecule has 1 N–H and O–H groups in total. The molecule has 3 rings (SSSR count). The summed E-state index contributed by atoms with van der Waals surface area (Å²) < 4.78 is 7.98. The second-order valence-electron chi connectivity index (χ2n) is 5.79. The highest BCUT2D eigenvalue weighted by Crippen LogP contribution is 2.31. The van der Waals surface area contributed by atoms with E-state index in [4.69, 9.17) is 4.74 Å². The highest BCUT2D eigenvalue weighted by Gasteiger charge is 2.17. The van der Waals surface area contributed by atoms with Crippen LogP contribution in [0.4, 0.5) is 11.4 Å². The number of hydrogen-bond acceptors (Lipinski definition) is 5. The first-order valence-corrected chi connectivity index (χ1v) is 8.95. The van der Waals surface area contributed by atoms with E-state index in [9.17, 15) is 14.9 Å². The van der Waals surface area contributed by atoms with Crippen LogP contribution in [-0.4, -0.2) is 20.6 Å². The number of ether oxygens (including phenoxy) is 1. The van der Waals surface area contributed by atoms with Crippen molar-refractivity contribution in [3.63, 3.8) is 0 Å². The monoisotopic (exact) mass is 478 g/mol. The lowest BCUT2D eigenvalue weighted by Gasteiger charge is -2.10. The van der Waals surface area contributed by atoms with E-state index in [0.29, 0.717) is 9.32 Å². The molecular weight excluding hydrogens is 463 g/mol. The number of para-hydroxylation sites is 1. The van der Waals surface area contributed by atoms with Crippen LogP contribution in [0.15, 0.2) is 48.7 Å². The molecule has 0 saturated heterocycles. The van der Waals surface area contributed by atoms with Gasteiger partial charge in [-0.3, -0.25) is 19.6 Å². The summed E-state index contributed by atoms with van der Waals surface area (Å²) >= 11 is 2.00. The lowest BCUT2D eigenvalue weighted by molar-refractivity contribution is -0.384. The van der Waals surface area contributed by atoms with Gasteiger partial charge in [0.05, 0.1) is 20.2 Å². The number of carbonyl (C=O) groups is 1. The number of nitro benzene ring substituents is 1. The first kappa shape index (κ1) is 18.8. The van der Waals surface area contributed by atoms with E-state index in [0.717, 1.165) is 5.56 Å². The van der Waals surface area contributed by atoms with Crippen LogP contribution in [0.1, 0.15) is 16.1 Å². The molecule has 138 valence electrons. The van der Waals surface area contributed by atoms with Crippen LogP contribution in [0.2, 0.25) is 0 Å². The Morgan fingerprint density at radius 3 is 2.67 bits per heavy atom. The summed E-state index contributed by atoms with van der Waals surface area (Å²) in [6.45, 7) is 1.87. The van der Waals surface area contributed by atoms with Crippen molar-refractivity contribution >= 4 is 39.9 Å². The minimum absolute atomic E-state index is 0.188. The van der Waals surface area contributed by atoms with Crippen LogP contribution in [0.25, 0.3) is 0 Å². The van der Waals surface area contributed by atoms with E-state index in [1.54, 1.807) is 19.3 Å². The minimum Gasteiger partial charge on any atom is -0.457 e. The van der Waals surface area contributed by atoms with Crippen molar-refractivity contribution in [2.75, 3.05) is 5.32 Å². The summed E-state index contributed by atoms with van der Waals surface area (Å²) in [5.74, 6) is 0.376. The van der Waals surface area contributed by atoms with Crippen molar-refractivity contribution in [3.8, 4) is 11.5 Å². The molecule has 1 amide bonds. The smallest absolute Gasteiger partial charge is 0.277 e. The summed E-state index contributed by atoms with van der Waals surface area (Å²) in [6.07, 6.45) is 1.70. The van der Waals surface area contributed by atoms with Gasteiger partial charge in [-0.25, -0.2) is 0 Å². The number of halogens is 1. The minimum atomic E-state index is -0.537. The van der Waals surface area contributed by atoms with Crippen LogP contribution < -0.4 is 10.1 Å². The Hall–Kier alpha value is -2.95. The SMILES string of the molecule is Cc1ccccc1Oc1cc(NC(=O)c2nn(C)cc2I)cc([N+](=O)[O-])c1. The van der Waals surface area contributed by atoms with Crippen molar-refractivity contribution in [3.05, 3.63) is 73.6 Å². The number of benzene rings is 2. The summed E-state index contributed by atoms with van der Waals surface area (Å²) in [4.78, 5) is 23.2. The molecule has 0 aliphatic rings. The molecule has 1 heterocycles. The van der Waals surface area contributed by atoms with Gasteiger partial charge in [-0.05, 0) is 41.1 Å². The molecule has 0 fully saturated rings. The zero-order valence-electron chi connectivity index (χ0n) is 14.5. The maximum Gasteiger partial charge on any atom is 0.277 e. The largest absolute Gasteiger partial charge is 0.457 e.